The molecule has 17 heavy (non-hydrogen) atoms. The van der Waals surface area contributed by atoms with E-state index in [1.807, 2.05) is 32.9 Å². The highest BCUT2D eigenvalue weighted by Crippen LogP contribution is 2.33. The van der Waals surface area contributed by atoms with Crippen molar-refractivity contribution >= 4 is 28.5 Å². The summed E-state index contributed by atoms with van der Waals surface area (Å²) in [6.45, 7) is 5.73. The Morgan fingerprint density at radius 1 is 1.41 bits per heavy atom. The zero-order valence-corrected chi connectivity index (χ0v) is 10.7. The van der Waals surface area contributed by atoms with Crippen LogP contribution in [0.1, 0.15) is 35.9 Å². The van der Waals surface area contributed by atoms with Crippen molar-refractivity contribution in [1.82, 2.24) is 4.57 Å². The molecule has 0 fully saturated rings. The van der Waals surface area contributed by atoms with Crippen molar-refractivity contribution in [3.63, 3.8) is 0 Å². The van der Waals surface area contributed by atoms with Crippen molar-refractivity contribution in [3.05, 3.63) is 34.5 Å². The number of halogens is 1. The molecular formula is C13H14ClNO2. The average Bonchev–Trinajstić information content (AvgIpc) is 2.54. The van der Waals surface area contributed by atoms with E-state index in [0.717, 1.165) is 16.5 Å². The fourth-order valence-electron chi connectivity index (χ4n) is 2.26. The van der Waals surface area contributed by atoms with Crippen LogP contribution in [0.2, 0.25) is 5.02 Å². The summed E-state index contributed by atoms with van der Waals surface area (Å²) < 4.78 is 1.79. The smallest absolute Gasteiger partial charge is 0.352 e. The highest BCUT2D eigenvalue weighted by atomic mass is 35.5. The van der Waals surface area contributed by atoms with Crippen LogP contribution in [0.3, 0.4) is 0 Å². The van der Waals surface area contributed by atoms with Gasteiger partial charge in [-0.1, -0.05) is 23.7 Å². The van der Waals surface area contributed by atoms with E-state index in [1.54, 1.807) is 10.6 Å². The molecule has 0 bridgehead atoms. The molecular weight excluding hydrogens is 238 g/mol. The van der Waals surface area contributed by atoms with Gasteiger partial charge in [0.15, 0.2) is 0 Å². The van der Waals surface area contributed by atoms with Crippen molar-refractivity contribution < 1.29 is 9.90 Å². The fraction of sp³-hybridized carbons (Fsp3) is 0.308. The number of aromatic nitrogens is 1. The highest BCUT2D eigenvalue weighted by Gasteiger charge is 2.22. The minimum absolute atomic E-state index is 0.0530. The number of fused-ring (bicyclic) bond motifs is 1. The Balaban J connectivity index is 2.99. The van der Waals surface area contributed by atoms with Gasteiger partial charge in [-0.25, -0.2) is 4.79 Å². The number of hydrogen-bond donors (Lipinski definition) is 1. The molecule has 0 aliphatic carbocycles. The number of benzene rings is 1. The number of carboxylic acids is 1. The third-order valence-electron chi connectivity index (χ3n) is 2.95. The van der Waals surface area contributed by atoms with Gasteiger partial charge in [-0.3, -0.25) is 0 Å². The van der Waals surface area contributed by atoms with E-state index in [9.17, 15) is 9.90 Å². The number of rotatable bonds is 2. The summed E-state index contributed by atoms with van der Waals surface area (Å²) in [4.78, 5) is 11.4. The lowest BCUT2D eigenvalue weighted by Crippen LogP contribution is -2.11. The molecule has 0 saturated carbocycles. The summed E-state index contributed by atoms with van der Waals surface area (Å²) >= 11 is 6.18. The molecule has 0 aliphatic rings. The molecule has 4 heteroatoms. The molecule has 90 valence electrons. The molecule has 3 nitrogen and oxygen atoms in total. The van der Waals surface area contributed by atoms with E-state index in [0.29, 0.717) is 10.7 Å². The Kier molecular flexibility index (Phi) is 2.87. The van der Waals surface area contributed by atoms with Crippen molar-refractivity contribution in [3.8, 4) is 0 Å². The number of carbonyl (C=O) groups is 1. The molecule has 0 aliphatic heterocycles. The predicted molar refractivity (Wildman–Crippen MR) is 69.0 cm³/mol. The molecule has 0 atom stereocenters. The van der Waals surface area contributed by atoms with E-state index in [4.69, 9.17) is 11.6 Å². The first kappa shape index (κ1) is 12.0. The van der Waals surface area contributed by atoms with Crippen molar-refractivity contribution in [1.29, 1.82) is 0 Å². The Morgan fingerprint density at radius 3 is 2.59 bits per heavy atom. The molecule has 1 aromatic carbocycles. The van der Waals surface area contributed by atoms with Gasteiger partial charge in [0.2, 0.25) is 0 Å². The van der Waals surface area contributed by atoms with Gasteiger partial charge in [-0.15, -0.1) is 0 Å². The van der Waals surface area contributed by atoms with Crippen LogP contribution in [0.15, 0.2) is 18.2 Å². The third-order valence-corrected chi connectivity index (χ3v) is 3.25. The van der Waals surface area contributed by atoms with Crippen LogP contribution < -0.4 is 0 Å². The van der Waals surface area contributed by atoms with Crippen molar-refractivity contribution in [2.75, 3.05) is 0 Å². The van der Waals surface area contributed by atoms with Crippen molar-refractivity contribution in [2.24, 2.45) is 0 Å². The standard InChI is InChI=1S/C13H14ClNO2/c1-7(2)15-11(13(16)17)8(3)9-5-4-6-10(14)12(9)15/h4-7H,1-3H3,(H,16,17). The molecule has 2 rings (SSSR count). The topological polar surface area (TPSA) is 42.2 Å². The Morgan fingerprint density at radius 2 is 2.06 bits per heavy atom. The van der Waals surface area contributed by atoms with E-state index in [2.05, 4.69) is 0 Å². The monoisotopic (exact) mass is 251 g/mol. The van der Waals surface area contributed by atoms with Crippen LogP contribution in [0, 0.1) is 6.92 Å². The normalized spacial score (nSPS) is 11.4. The quantitative estimate of drug-likeness (QED) is 0.880. The Labute approximate surface area is 105 Å². The SMILES string of the molecule is Cc1c(C(=O)O)n(C(C)C)c2c(Cl)cccc12. The molecule has 0 saturated heterocycles. The first-order chi connectivity index (χ1) is 7.95. The first-order valence-electron chi connectivity index (χ1n) is 5.47. The summed E-state index contributed by atoms with van der Waals surface area (Å²) in [5.74, 6) is -0.913. The average molecular weight is 252 g/mol. The molecule has 0 unspecified atom stereocenters. The lowest BCUT2D eigenvalue weighted by molar-refractivity contribution is 0.0683. The highest BCUT2D eigenvalue weighted by molar-refractivity contribution is 6.35. The minimum atomic E-state index is -0.913. The van der Waals surface area contributed by atoms with Crippen LogP contribution >= 0.6 is 11.6 Å². The summed E-state index contributed by atoms with van der Waals surface area (Å²) in [5.41, 5.74) is 1.89. The number of aromatic carboxylic acids is 1. The molecule has 1 aromatic heterocycles. The van der Waals surface area contributed by atoms with E-state index >= 15 is 0 Å². The summed E-state index contributed by atoms with van der Waals surface area (Å²) in [6, 6.07) is 5.58. The molecule has 0 amide bonds. The van der Waals surface area contributed by atoms with Gasteiger partial charge in [0, 0.05) is 11.4 Å². The zero-order valence-electron chi connectivity index (χ0n) is 9.99. The van der Waals surface area contributed by atoms with Gasteiger partial charge in [-0.05, 0) is 32.4 Å². The van der Waals surface area contributed by atoms with Gasteiger partial charge in [0.05, 0.1) is 10.5 Å². The van der Waals surface area contributed by atoms with Gasteiger partial charge in [0.1, 0.15) is 5.69 Å². The van der Waals surface area contributed by atoms with Gasteiger partial charge in [0.25, 0.3) is 0 Å². The zero-order chi connectivity index (χ0) is 12.7. The number of nitrogens with zero attached hydrogens (tertiary/aromatic N) is 1. The second-order valence-electron chi connectivity index (χ2n) is 4.38. The van der Waals surface area contributed by atoms with Crippen LogP contribution in [-0.4, -0.2) is 15.6 Å². The second-order valence-corrected chi connectivity index (χ2v) is 4.79. The Hall–Kier alpha value is -1.48. The van der Waals surface area contributed by atoms with Crippen LogP contribution in [-0.2, 0) is 0 Å². The molecule has 0 radical (unpaired) electrons. The van der Waals surface area contributed by atoms with Gasteiger partial charge in [-0.2, -0.15) is 0 Å². The van der Waals surface area contributed by atoms with E-state index < -0.39 is 5.97 Å². The predicted octanol–water partition coefficient (Wildman–Crippen LogP) is 3.88. The maximum atomic E-state index is 11.4. The third kappa shape index (κ3) is 1.71. The van der Waals surface area contributed by atoms with Crippen LogP contribution in [0.4, 0.5) is 0 Å². The van der Waals surface area contributed by atoms with Gasteiger partial charge >= 0.3 is 5.97 Å². The lowest BCUT2D eigenvalue weighted by atomic mass is 10.1. The van der Waals surface area contributed by atoms with Crippen LogP contribution in [0.5, 0.6) is 0 Å². The lowest BCUT2D eigenvalue weighted by Gasteiger charge is -2.13. The van der Waals surface area contributed by atoms with Gasteiger partial charge < -0.3 is 9.67 Å². The molecule has 2 aromatic rings. The van der Waals surface area contributed by atoms with E-state index in [-0.39, 0.29) is 6.04 Å². The summed E-state index contributed by atoms with van der Waals surface area (Å²) in [6.07, 6.45) is 0. The molecule has 1 N–H and O–H groups in total. The van der Waals surface area contributed by atoms with Crippen LogP contribution in [0.25, 0.3) is 10.9 Å². The van der Waals surface area contributed by atoms with Crippen molar-refractivity contribution in [2.45, 2.75) is 26.8 Å². The first-order valence-corrected chi connectivity index (χ1v) is 5.85. The van der Waals surface area contributed by atoms with E-state index in [1.165, 1.54) is 0 Å². The number of para-hydroxylation sites is 1. The maximum absolute atomic E-state index is 11.4. The number of hydrogen-bond acceptors (Lipinski definition) is 1. The molecule has 0 spiro atoms. The molecule has 1 heterocycles. The Bertz CT molecular complexity index is 599. The second kappa shape index (κ2) is 4.08. The summed E-state index contributed by atoms with van der Waals surface area (Å²) in [5, 5.41) is 10.8. The number of aryl methyl sites for hydroxylation is 1. The summed E-state index contributed by atoms with van der Waals surface area (Å²) in [7, 11) is 0. The maximum Gasteiger partial charge on any atom is 0.352 e. The fourth-order valence-corrected chi connectivity index (χ4v) is 2.53. The largest absolute Gasteiger partial charge is 0.477 e. The number of carboxylic acid groups (broad SMARTS) is 1. The minimum Gasteiger partial charge on any atom is -0.477 e.